The van der Waals surface area contributed by atoms with E-state index in [9.17, 15) is 8.42 Å². The molecular formula is C20H21N3O6S. The summed E-state index contributed by atoms with van der Waals surface area (Å²) in [4.78, 5) is -0.000768. The van der Waals surface area contributed by atoms with Crippen LogP contribution in [0.25, 0.3) is 0 Å². The standard InChI is InChI=1S/C20H21N3O6S/c1-26-15-7-8-20(19(9-15)27-2)30(24,25)22-14-10-21-23(11-14)12-16-13-28-17-5-3-4-6-18(17)29-16/h3-11,16,22H,12-13H2,1-2H3. The Bertz CT molecular complexity index is 1140. The van der Waals surface area contributed by atoms with Gasteiger partial charge in [-0.25, -0.2) is 8.42 Å². The fourth-order valence-corrected chi connectivity index (χ4v) is 4.26. The molecule has 4 rings (SSSR count). The highest BCUT2D eigenvalue weighted by molar-refractivity contribution is 7.92. The molecule has 0 spiro atoms. The maximum absolute atomic E-state index is 12.8. The van der Waals surface area contributed by atoms with Crippen molar-refractivity contribution >= 4 is 15.7 Å². The van der Waals surface area contributed by atoms with Gasteiger partial charge in [0.2, 0.25) is 0 Å². The van der Waals surface area contributed by atoms with E-state index in [2.05, 4.69) is 9.82 Å². The molecule has 0 saturated heterocycles. The Hall–Kier alpha value is -3.40. The fraction of sp³-hybridized carbons (Fsp3) is 0.250. The summed E-state index contributed by atoms with van der Waals surface area (Å²) in [6.45, 7) is 0.781. The van der Waals surface area contributed by atoms with E-state index in [0.29, 0.717) is 36.1 Å². The Labute approximate surface area is 174 Å². The lowest BCUT2D eigenvalue weighted by molar-refractivity contribution is 0.0759. The quantitative estimate of drug-likeness (QED) is 0.613. The molecule has 0 bridgehead atoms. The number of ether oxygens (including phenoxy) is 4. The Balaban J connectivity index is 1.46. The van der Waals surface area contributed by atoms with Gasteiger partial charge in [0.25, 0.3) is 10.0 Å². The zero-order chi connectivity index (χ0) is 21.1. The lowest BCUT2D eigenvalue weighted by atomic mass is 10.2. The predicted molar refractivity (Wildman–Crippen MR) is 109 cm³/mol. The summed E-state index contributed by atoms with van der Waals surface area (Å²) in [6.07, 6.45) is 2.79. The minimum atomic E-state index is -3.88. The molecular weight excluding hydrogens is 410 g/mol. The molecule has 1 aromatic heterocycles. The third-order valence-electron chi connectivity index (χ3n) is 4.50. The Morgan fingerprint density at radius 1 is 1.17 bits per heavy atom. The molecule has 1 aliphatic rings. The molecule has 0 aliphatic carbocycles. The van der Waals surface area contributed by atoms with Crippen molar-refractivity contribution in [3.8, 4) is 23.0 Å². The molecule has 2 aromatic carbocycles. The highest BCUT2D eigenvalue weighted by Crippen LogP contribution is 2.32. The van der Waals surface area contributed by atoms with Crippen LogP contribution in [-0.4, -0.2) is 45.1 Å². The van der Waals surface area contributed by atoms with E-state index in [-0.39, 0.29) is 16.7 Å². The van der Waals surface area contributed by atoms with Crippen molar-refractivity contribution in [1.29, 1.82) is 0 Å². The van der Waals surface area contributed by atoms with Gasteiger partial charge in [0, 0.05) is 12.3 Å². The minimum Gasteiger partial charge on any atom is -0.497 e. The smallest absolute Gasteiger partial charge is 0.265 e. The number of rotatable bonds is 7. The molecule has 158 valence electrons. The van der Waals surface area contributed by atoms with Crippen molar-refractivity contribution in [1.82, 2.24) is 9.78 Å². The van der Waals surface area contributed by atoms with Crippen LogP contribution < -0.4 is 23.7 Å². The summed E-state index contributed by atoms with van der Waals surface area (Å²) in [5, 5.41) is 4.22. The van der Waals surface area contributed by atoms with Crippen LogP contribution >= 0.6 is 0 Å². The number of nitrogens with zero attached hydrogens (tertiary/aromatic N) is 2. The lowest BCUT2D eigenvalue weighted by Gasteiger charge is -2.26. The summed E-state index contributed by atoms with van der Waals surface area (Å²) >= 11 is 0. The maximum atomic E-state index is 12.8. The van der Waals surface area contributed by atoms with Crippen molar-refractivity contribution in [3.63, 3.8) is 0 Å². The number of hydrogen-bond donors (Lipinski definition) is 1. The molecule has 1 N–H and O–H groups in total. The van der Waals surface area contributed by atoms with E-state index in [1.54, 1.807) is 16.9 Å². The van der Waals surface area contributed by atoms with Gasteiger partial charge in [0.15, 0.2) is 17.6 Å². The third-order valence-corrected chi connectivity index (χ3v) is 5.92. The van der Waals surface area contributed by atoms with Gasteiger partial charge in [-0.2, -0.15) is 5.10 Å². The summed E-state index contributed by atoms with van der Waals surface area (Å²) in [6, 6.07) is 11.9. The van der Waals surface area contributed by atoms with E-state index >= 15 is 0 Å². The second-order valence-electron chi connectivity index (χ2n) is 6.57. The van der Waals surface area contributed by atoms with Crippen LogP contribution in [0.15, 0.2) is 59.8 Å². The highest BCUT2D eigenvalue weighted by Gasteiger charge is 2.23. The number of aromatic nitrogens is 2. The monoisotopic (exact) mass is 431 g/mol. The summed E-state index contributed by atoms with van der Waals surface area (Å²) in [7, 11) is -0.986. The largest absolute Gasteiger partial charge is 0.497 e. The van der Waals surface area contributed by atoms with Gasteiger partial charge < -0.3 is 18.9 Å². The van der Waals surface area contributed by atoms with Crippen LogP contribution in [0, 0.1) is 0 Å². The predicted octanol–water partition coefficient (Wildman–Crippen LogP) is 2.54. The van der Waals surface area contributed by atoms with Crippen LogP contribution in [0.4, 0.5) is 5.69 Å². The second-order valence-corrected chi connectivity index (χ2v) is 8.22. The van der Waals surface area contributed by atoms with Gasteiger partial charge in [0.05, 0.1) is 32.6 Å². The first-order chi connectivity index (χ1) is 14.5. The SMILES string of the molecule is COc1ccc(S(=O)(=O)Nc2cnn(CC3COc4ccccc4O3)c2)c(OC)c1. The summed E-state index contributed by atoms with van der Waals surface area (Å²) in [5.41, 5.74) is 0.324. The number of hydrogen-bond acceptors (Lipinski definition) is 7. The summed E-state index contributed by atoms with van der Waals surface area (Å²) in [5.74, 6) is 2.06. The first-order valence-electron chi connectivity index (χ1n) is 9.14. The van der Waals surface area contributed by atoms with Crippen molar-refractivity contribution in [2.75, 3.05) is 25.5 Å². The van der Waals surface area contributed by atoms with Crippen LogP contribution in [0.2, 0.25) is 0 Å². The number of anilines is 1. The van der Waals surface area contributed by atoms with Gasteiger partial charge in [-0.3, -0.25) is 9.40 Å². The Kier molecular flexibility index (Phi) is 5.40. The molecule has 1 unspecified atom stereocenters. The van der Waals surface area contributed by atoms with Crippen molar-refractivity contribution in [3.05, 3.63) is 54.9 Å². The van der Waals surface area contributed by atoms with Crippen LogP contribution in [0.1, 0.15) is 0 Å². The molecule has 30 heavy (non-hydrogen) atoms. The van der Waals surface area contributed by atoms with Gasteiger partial charge in [-0.1, -0.05) is 12.1 Å². The Morgan fingerprint density at radius 3 is 2.73 bits per heavy atom. The van der Waals surface area contributed by atoms with Gasteiger partial charge in [0.1, 0.15) is 23.0 Å². The lowest BCUT2D eigenvalue weighted by Crippen LogP contribution is -2.33. The average molecular weight is 431 g/mol. The van der Waals surface area contributed by atoms with Crippen molar-refractivity contribution < 1.29 is 27.4 Å². The molecule has 1 aliphatic heterocycles. The zero-order valence-corrected chi connectivity index (χ0v) is 17.3. The molecule has 0 fully saturated rings. The van der Waals surface area contributed by atoms with Crippen molar-refractivity contribution in [2.24, 2.45) is 0 Å². The van der Waals surface area contributed by atoms with Gasteiger partial charge >= 0.3 is 0 Å². The van der Waals surface area contributed by atoms with E-state index in [4.69, 9.17) is 18.9 Å². The molecule has 1 atom stereocenters. The summed E-state index contributed by atoms with van der Waals surface area (Å²) < 4.78 is 51.6. The first-order valence-corrected chi connectivity index (χ1v) is 10.6. The molecule has 0 saturated carbocycles. The second kappa shape index (κ2) is 8.15. The molecule has 0 amide bonds. The topological polar surface area (TPSA) is 101 Å². The third kappa shape index (κ3) is 4.13. The van der Waals surface area contributed by atoms with Crippen LogP contribution in [0.5, 0.6) is 23.0 Å². The zero-order valence-electron chi connectivity index (χ0n) is 16.4. The average Bonchev–Trinajstić information content (AvgIpc) is 3.18. The molecule has 3 aromatic rings. The fourth-order valence-electron chi connectivity index (χ4n) is 3.08. The molecule has 0 radical (unpaired) electrons. The minimum absolute atomic E-state index is 0.000768. The number of nitrogens with one attached hydrogen (secondary N) is 1. The van der Waals surface area contributed by atoms with E-state index in [1.165, 1.54) is 32.5 Å². The molecule has 10 heteroatoms. The number of benzene rings is 2. The van der Waals surface area contributed by atoms with Gasteiger partial charge in [-0.05, 0) is 24.3 Å². The maximum Gasteiger partial charge on any atom is 0.265 e. The number of para-hydroxylation sites is 2. The van der Waals surface area contributed by atoms with E-state index < -0.39 is 10.0 Å². The van der Waals surface area contributed by atoms with Gasteiger partial charge in [-0.15, -0.1) is 0 Å². The molecule has 9 nitrogen and oxygen atoms in total. The Morgan fingerprint density at radius 2 is 1.97 bits per heavy atom. The van der Waals surface area contributed by atoms with E-state index in [0.717, 1.165) is 0 Å². The number of methoxy groups -OCH3 is 2. The number of sulfonamides is 1. The van der Waals surface area contributed by atoms with E-state index in [1.807, 2.05) is 24.3 Å². The molecule has 2 heterocycles. The number of fused-ring (bicyclic) bond motifs is 1. The van der Waals surface area contributed by atoms with Crippen LogP contribution in [0.3, 0.4) is 0 Å². The highest BCUT2D eigenvalue weighted by atomic mass is 32.2. The first kappa shape index (κ1) is 19.9. The van der Waals surface area contributed by atoms with Crippen molar-refractivity contribution in [2.45, 2.75) is 17.5 Å². The van der Waals surface area contributed by atoms with Crippen LogP contribution in [-0.2, 0) is 16.6 Å². The normalized spacial score (nSPS) is 15.5.